The Morgan fingerprint density at radius 1 is 1.19 bits per heavy atom. The van der Waals surface area contributed by atoms with Crippen molar-refractivity contribution < 1.29 is 18.3 Å². The molecule has 31 heavy (non-hydrogen) atoms. The molecule has 8 heteroatoms. The Balaban J connectivity index is 1.76. The molecule has 0 bridgehead atoms. The fourth-order valence-electron chi connectivity index (χ4n) is 3.96. The van der Waals surface area contributed by atoms with E-state index < -0.39 is 12.5 Å². The van der Waals surface area contributed by atoms with Crippen molar-refractivity contribution in [2.45, 2.75) is 39.7 Å². The Morgan fingerprint density at radius 3 is 2.77 bits per heavy atom. The van der Waals surface area contributed by atoms with Crippen LogP contribution in [-0.2, 0) is 11.2 Å². The standard InChI is InChI=1S/C23H19F2N3O2S/c1-10-4-5-18-15(6-10)19(22(24)25)21(31-18)20-14-9-17-16(26-23(29)12(3)30-17)8-13(14)7-11(2)27-28-20/h4-6,8-9,12,22H,7H2,1-3H3,(H,26,29). The van der Waals surface area contributed by atoms with Crippen LogP contribution in [0.25, 0.3) is 10.1 Å². The number of hydrogen-bond acceptors (Lipinski definition) is 5. The highest BCUT2D eigenvalue weighted by Crippen LogP contribution is 2.42. The van der Waals surface area contributed by atoms with Crippen molar-refractivity contribution in [3.8, 4) is 5.75 Å². The highest BCUT2D eigenvalue weighted by atomic mass is 32.1. The monoisotopic (exact) mass is 439 g/mol. The normalized spacial score (nSPS) is 18.0. The van der Waals surface area contributed by atoms with Crippen LogP contribution in [0.2, 0.25) is 0 Å². The van der Waals surface area contributed by atoms with Gasteiger partial charge in [0.1, 0.15) is 11.5 Å². The molecule has 2 aliphatic rings. The molecular weight excluding hydrogens is 420 g/mol. The van der Waals surface area contributed by atoms with Crippen LogP contribution in [-0.4, -0.2) is 23.4 Å². The predicted octanol–water partition coefficient (Wildman–Crippen LogP) is 5.64. The summed E-state index contributed by atoms with van der Waals surface area (Å²) in [5, 5.41) is 12.1. The first-order valence-corrected chi connectivity index (χ1v) is 10.7. The minimum atomic E-state index is -2.65. The lowest BCUT2D eigenvalue weighted by Gasteiger charge is -2.25. The lowest BCUT2D eigenvalue weighted by Crippen LogP contribution is -2.34. The van der Waals surface area contributed by atoms with Crippen molar-refractivity contribution in [3.63, 3.8) is 0 Å². The van der Waals surface area contributed by atoms with E-state index in [0.717, 1.165) is 21.5 Å². The van der Waals surface area contributed by atoms with E-state index in [1.165, 1.54) is 11.3 Å². The molecule has 3 heterocycles. The van der Waals surface area contributed by atoms with Crippen LogP contribution in [0, 0.1) is 6.92 Å². The van der Waals surface area contributed by atoms with Gasteiger partial charge in [-0.15, -0.1) is 16.4 Å². The third-order valence-corrected chi connectivity index (χ3v) is 6.67. The lowest BCUT2D eigenvalue weighted by atomic mass is 9.94. The number of amides is 1. The SMILES string of the molecule is CC1=NN=C(c2sc3ccc(C)cc3c2C(F)F)c2cc3c(cc2C1)NC(=O)C(C)O3. The van der Waals surface area contributed by atoms with Crippen molar-refractivity contribution in [2.75, 3.05) is 5.32 Å². The molecule has 0 aliphatic carbocycles. The number of rotatable bonds is 2. The van der Waals surface area contributed by atoms with E-state index in [0.29, 0.717) is 39.4 Å². The maximum absolute atomic E-state index is 14.2. The number of aryl methyl sites for hydroxylation is 1. The number of halogens is 2. The number of benzene rings is 2. The zero-order chi connectivity index (χ0) is 21.9. The Kier molecular flexibility index (Phi) is 4.62. The summed E-state index contributed by atoms with van der Waals surface area (Å²) in [5.41, 5.74) is 4.15. The quantitative estimate of drug-likeness (QED) is 0.562. The number of alkyl halides is 2. The molecule has 1 amide bonds. The summed E-state index contributed by atoms with van der Waals surface area (Å²) >= 11 is 1.29. The minimum absolute atomic E-state index is 0.0246. The molecule has 5 nitrogen and oxygen atoms in total. The van der Waals surface area contributed by atoms with Gasteiger partial charge < -0.3 is 10.1 Å². The molecular formula is C23H19F2N3O2S. The number of carbonyl (C=O) groups excluding carboxylic acids is 1. The van der Waals surface area contributed by atoms with Gasteiger partial charge in [-0.05, 0) is 44.5 Å². The van der Waals surface area contributed by atoms with Gasteiger partial charge in [-0.25, -0.2) is 8.78 Å². The van der Waals surface area contributed by atoms with Crippen LogP contribution in [0.3, 0.4) is 0 Å². The molecule has 1 aromatic heterocycles. The third-order valence-electron chi connectivity index (χ3n) is 5.47. The topological polar surface area (TPSA) is 63.0 Å². The van der Waals surface area contributed by atoms with Crippen molar-refractivity contribution in [2.24, 2.45) is 10.2 Å². The van der Waals surface area contributed by atoms with Crippen molar-refractivity contribution in [1.29, 1.82) is 0 Å². The first-order chi connectivity index (χ1) is 14.8. The molecule has 2 aliphatic heterocycles. The van der Waals surface area contributed by atoms with E-state index >= 15 is 0 Å². The second kappa shape index (κ2) is 7.23. The van der Waals surface area contributed by atoms with Gasteiger partial charge >= 0.3 is 0 Å². The van der Waals surface area contributed by atoms with Crippen molar-refractivity contribution in [3.05, 3.63) is 57.5 Å². The number of carbonyl (C=O) groups is 1. The Bertz CT molecular complexity index is 1310. The third kappa shape index (κ3) is 3.31. The molecule has 0 saturated carbocycles. The van der Waals surface area contributed by atoms with Crippen LogP contribution in [0.1, 0.15) is 47.4 Å². The smallest absolute Gasteiger partial charge is 0.265 e. The molecule has 3 aromatic rings. The van der Waals surface area contributed by atoms with E-state index in [1.54, 1.807) is 19.1 Å². The van der Waals surface area contributed by atoms with Crippen LogP contribution < -0.4 is 10.1 Å². The second-order valence-electron chi connectivity index (χ2n) is 7.86. The molecule has 158 valence electrons. The summed E-state index contributed by atoms with van der Waals surface area (Å²) in [5.74, 6) is 0.272. The Hall–Kier alpha value is -3.13. The van der Waals surface area contributed by atoms with Gasteiger partial charge in [0.2, 0.25) is 0 Å². The Morgan fingerprint density at radius 2 is 2.00 bits per heavy atom. The van der Waals surface area contributed by atoms with E-state index in [9.17, 15) is 13.6 Å². The van der Waals surface area contributed by atoms with Crippen molar-refractivity contribution >= 4 is 44.4 Å². The Labute approximate surface area is 181 Å². The number of hydrogen-bond donors (Lipinski definition) is 1. The van der Waals surface area contributed by atoms with Gasteiger partial charge in [0.15, 0.2) is 6.10 Å². The van der Waals surface area contributed by atoms with Gasteiger partial charge in [0.05, 0.1) is 10.6 Å². The number of ether oxygens (including phenoxy) is 1. The number of nitrogens with one attached hydrogen (secondary N) is 1. The number of nitrogens with zero attached hydrogens (tertiary/aromatic N) is 2. The minimum Gasteiger partial charge on any atom is -0.479 e. The van der Waals surface area contributed by atoms with Crippen LogP contribution in [0.5, 0.6) is 5.75 Å². The summed E-state index contributed by atoms with van der Waals surface area (Å²) in [6.45, 7) is 5.39. The summed E-state index contributed by atoms with van der Waals surface area (Å²) < 4.78 is 35.0. The second-order valence-corrected chi connectivity index (χ2v) is 8.91. The predicted molar refractivity (Wildman–Crippen MR) is 119 cm³/mol. The molecule has 0 radical (unpaired) electrons. The first kappa shape index (κ1) is 19.8. The molecule has 0 spiro atoms. The lowest BCUT2D eigenvalue weighted by molar-refractivity contribution is -0.122. The molecule has 2 aromatic carbocycles. The number of anilines is 1. The summed E-state index contributed by atoms with van der Waals surface area (Å²) in [6, 6.07) is 9.17. The van der Waals surface area contributed by atoms with Gasteiger partial charge in [0, 0.05) is 33.3 Å². The highest BCUT2D eigenvalue weighted by Gasteiger charge is 2.30. The van der Waals surface area contributed by atoms with Crippen LogP contribution >= 0.6 is 11.3 Å². The molecule has 1 atom stereocenters. The van der Waals surface area contributed by atoms with E-state index in [1.807, 2.05) is 32.0 Å². The summed E-state index contributed by atoms with van der Waals surface area (Å²) in [4.78, 5) is 12.4. The van der Waals surface area contributed by atoms with Gasteiger partial charge in [-0.3, -0.25) is 4.79 Å². The van der Waals surface area contributed by atoms with Gasteiger partial charge in [-0.1, -0.05) is 17.7 Å². The van der Waals surface area contributed by atoms with Crippen LogP contribution in [0.15, 0.2) is 40.5 Å². The average Bonchev–Trinajstić information content (AvgIpc) is 3.00. The molecule has 5 rings (SSSR count). The molecule has 1 N–H and O–H groups in total. The maximum atomic E-state index is 14.2. The largest absolute Gasteiger partial charge is 0.479 e. The van der Waals surface area contributed by atoms with Gasteiger partial charge in [0.25, 0.3) is 12.3 Å². The number of thiophene rings is 1. The fraction of sp³-hybridized carbons (Fsp3) is 0.261. The maximum Gasteiger partial charge on any atom is 0.265 e. The zero-order valence-corrected chi connectivity index (χ0v) is 17.9. The number of fused-ring (bicyclic) bond motifs is 3. The first-order valence-electron chi connectivity index (χ1n) is 9.89. The van der Waals surface area contributed by atoms with E-state index in [-0.39, 0.29) is 11.5 Å². The van der Waals surface area contributed by atoms with Crippen molar-refractivity contribution in [1.82, 2.24) is 0 Å². The van der Waals surface area contributed by atoms with E-state index in [2.05, 4.69) is 15.5 Å². The van der Waals surface area contributed by atoms with E-state index in [4.69, 9.17) is 4.74 Å². The molecule has 0 fully saturated rings. The van der Waals surface area contributed by atoms with Gasteiger partial charge in [-0.2, -0.15) is 5.10 Å². The molecule has 0 saturated heterocycles. The summed E-state index contributed by atoms with van der Waals surface area (Å²) in [6.07, 6.45) is -2.80. The highest BCUT2D eigenvalue weighted by molar-refractivity contribution is 7.21. The average molecular weight is 439 g/mol. The zero-order valence-electron chi connectivity index (χ0n) is 17.1. The van der Waals surface area contributed by atoms with Crippen LogP contribution in [0.4, 0.5) is 14.5 Å². The molecule has 1 unspecified atom stereocenters. The fourth-order valence-corrected chi connectivity index (χ4v) is 5.15. The summed E-state index contributed by atoms with van der Waals surface area (Å²) in [7, 11) is 0.